The van der Waals surface area contributed by atoms with Gasteiger partial charge in [0.25, 0.3) is 0 Å². The molecule has 2 aliphatic rings. The third-order valence-corrected chi connectivity index (χ3v) is 7.92. The van der Waals surface area contributed by atoms with Crippen molar-refractivity contribution in [2.45, 2.75) is 45.5 Å². The summed E-state index contributed by atoms with van der Waals surface area (Å²) in [7, 11) is 0. The van der Waals surface area contributed by atoms with Crippen molar-refractivity contribution in [2.24, 2.45) is 5.92 Å². The Kier molecular flexibility index (Phi) is 6.14. The molecule has 3 atom stereocenters. The number of halogens is 1. The Morgan fingerprint density at radius 1 is 1.00 bits per heavy atom. The summed E-state index contributed by atoms with van der Waals surface area (Å²) in [5.74, 6) is 0.365. The van der Waals surface area contributed by atoms with Gasteiger partial charge in [-0.15, -0.1) is 0 Å². The number of benzene rings is 3. The summed E-state index contributed by atoms with van der Waals surface area (Å²) in [4.78, 5) is 26.4. The molecule has 0 saturated carbocycles. The fourth-order valence-electron chi connectivity index (χ4n) is 5.20. The van der Waals surface area contributed by atoms with E-state index in [2.05, 4.69) is 15.9 Å². The van der Waals surface area contributed by atoms with Crippen LogP contribution in [0, 0.1) is 5.92 Å². The minimum Gasteiger partial charge on any atom is -0.489 e. The lowest BCUT2D eigenvalue weighted by molar-refractivity contribution is -0.0185. The van der Waals surface area contributed by atoms with E-state index in [1.54, 1.807) is 24.3 Å². The minimum absolute atomic E-state index is 0.228. The Morgan fingerprint density at radius 2 is 1.72 bits per heavy atom. The topological polar surface area (TPSA) is 75.0 Å². The summed E-state index contributed by atoms with van der Waals surface area (Å²) in [6.07, 6.45) is 2.93. The van der Waals surface area contributed by atoms with Gasteiger partial charge in [-0.05, 0) is 62.8 Å². The number of hydrogen-bond acceptors (Lipinski definition) is 6. The van der Waals surface area contributed by atoms with Crippen molar-refractivity contribution in [3.05, 3.63) is 98.3 Å². The average molecular weight is 587 g/mol. The molecule has 0 N–H and O–H groups in total. The van der Waals surface area contributed by atoms with Crippen molar-refractivity contribution in [2.75, 3.05) is 0 Å². The van der Waals surface area contributed by atoms with Crippen LogP contribution in [0.5, 0.6) is 11.5 Å². The van der Waals surface area contributed by atoms with E-state index < -0.39 is 23.3 Å². The molecule has 4 aromatic rings. The second-order valence-corrected chi connectivity index (χ2v) is 11.5. The molecule has 0 unspecified atom stereocenters. The van der Waals surface area contributed by atoms with Gasteiger partial charge < -0.3 is 18.6 Å². The molecule has 0 bridgehead atoms. The predicted molar refractivity (Wildman–Crippen MR) is 153 cm³/mol. The van der Waals surface area contributed by atoms with Gasteiger partial charge in [0.1, 0.15) is 29.3 Å². The second-order valence-electron chi connectivity index (χ2n) is 10.6. The van der Waals surface area contributed by atoms with Crippen molar-refractivity contribution < 1.29 is 23.4 Å². The van der Waals surface area contributed by atoms with Gasteiger partial charge >= 0.3 is 11.6 Å². The number of rotatable bonds is 3. The largest absolute Gasteiger partial charge is 0.489 e. The van der Waals surface area contributed by atoms with Crippen LogP contribution < -0.4 is 15.1 Å². The molecule has 198 valence electrons. The quantitative estimate of drug-likeness (QED) is 0.181. The number of carbonyl (C=O) groups is 1. The molecule has 7 heteroatoms. The van der Waals surface area contributed by atoms with Gasteiger partial charge in [-0.1, -0.05) is 53.2 Å². The Hall–Kier alpha value is -3.84. The van der Waals surface area contributed by atoms with Crippen LogP contribution in [0.2, 0.25) is 0 Å². The molecule has 6 nitrogen and oxygen atoms in total. The fourth-order valence-corrected chi connectivity index (χ4v) is 5.47. The van der Waals surface area contributed by atoms with Crippen LogP contribution in [0.1, 0.15) is 55.3 Å². The van der Waals surface area contributed by atoms with Crippen molar-refractivity contribution in [3.63, 3.8) is 0 Å². The van der Waals surface area contributed by atoms with Crippen molar-refractivity contribution in [3.8, 4) is 22.6 Å². The number of esters is 1. The van der Waals surface area contributed by atoms with Gasteiger partial charge in [-0.25, -0.2) is 9.59 Å². The lowest BCUT2D eigenvalue weighted by Gasteiger charge is -2.39. The van der Waals surface area contributed by atoms with Crippen LogP contribution in [-0.2, 0) is 4.74 Å². The Labute approximate surface area is 234 Å². The minimum atomic E-state index is -0.731. The standard InChI is InChI=1S/C32H27BrO6/c1-17-18(2)36-28-22-14-15-32(3,4)39-29(22)25-23(19-8-6-5-7-9-19)16-24(34)37-30(25)26(28)27(17)38-31(35)20-10-12-21(33)13-11-20/h5-18,27H,1-4H3/t17-,18+,27-/m0/s1. The van der Waals surface area contributed by atoms with Crippen LogP contribution >= 0.6 is 15.9 Å². The smallest absolute Gasteiger partial charge is 0.338 e. The number of carbonyl (C=O) groups excluding carboxylic acids is 1. The first-order valence-electron chi connectivity index (χ1n) is 12.9. The molecule has 6 rings (SSSR count). The zero-order valence-corrected chi connectivity index (χ0v) is 23.6. The average Bonchev–Trinajstić information content (AvgIpc) is 2.91. The van der Waals surface area contributed by atoms with Crippen molar-refractivity contribution >= 4 is 38.9 Å². The summed E-state index contributed by atoms with van der Waals surface area (Å²) in [5, 5.41) is 0.641. The van der Waals surface area contributed by atoms with Crippen LogP contribution in [0.3, 0.4) is 0 Å². The first kappa shape index (κ1) is 25.4. The number of hydrogen-bond donors (Lipinski definition) is 0. The molecule has 3 heterocycles. The van der Waals surface area contributed by atoms with Crippen LogP contribution in [0.25, 0.3) is 28.2 Å². The first-order valence-corrected chi connectivity index (χ1v) is 13.7. The molecular weight excluding hydrogens is 560 g/mol. The van der Waals surface area contributed by atoms with Crippen LogP contribution in [0.15, 0.2) is 80.4 Å². The van der Waals surface area contributed by atoms with Crippen molar-refractivity contribution in [1.29, 1.82) is 0 Å². The number of ether oxygens (including phenoxy) is 3. The highest BCUT2D eigenvalue weighted by Gasteiger charge is 2.42. The predicted octanol–water partition coefficient (Wildman–Crippen LogP) is 7.72. The maximum absolute atomic E-state index is 13.3. The number of fused-ring (bicyclic) bond motifs is 6. The lowest BCUT2D eigenvalue weighted by atomic mass is 9.84. The fraction of sp³-hybridized carbons (Fsp3) is 0.250. The van der Waals surface area contributed by atoms with Gasteiger partial charge in [-0.3, -0.25) is 0 Å². The van der Waals surface area contributed by atoms with E-state index in [0.29, 0.717) is 39.2 Å². The molecule has 2 aliphatic heterocycles. The van der Waals surface area contributed by atoms with Gasteiger partial charge in [0.15, 0.2) is 5.58 Å². The molecule has 0 radical (unpaired) electrons. The van der Waals surface area contributed by atoms with E-state index >= 15 is 0 Å². The lowest BCUT2D eigenvalue weighted by Crippen LogP contribution is -2.36. The third-order valence-electron chi connectivity index (χ3n) is 7.39. The van der Waals surface area contributed by atoms with Gasteiger partial charge in [0.05, 0.1) is 22.1 Å². The van der Waals surface area contributed by atoms with E-state index in [-0.39, 0.29) is 12.0 Å². The molecule has 1 aromatic heterocycles. The molecule has 0 amide bonds. The van der Waals surface area contributed by atoms with Gasteiger partial charge in [0.2, 0.25) is 0 Å². The summed E-state index contributed by atoms with van der Waals surface area (Å²) >= 11 is 3.41. The van der Waals surface area contributed by atoms with E-state index in [9.17, 15) is 9.59 Å². The SMILES string of the molecule is C[C@@H]1[C@H](OC(=O)c2ccc(Br)cc2)c2c(c3c(c4c(-c5ccccc5)cc(=O)oc24)OC(C)(C)C=C3)O[C@@H]1C. The van der Waals surface area contributed by atoms with Crippen LogP contribution in [0.4, 0.5) is 0 Å². The maximum Gasteiger partial charge on any atom is 0.338 e. The molecular formula is C32H27BrO6. The Bertz CT molecular complexity index is 1680. The Balaban J connectivity index is 1.65. The Morgan fingerprint density at radius 3 is 2.44 bits per heavy atom. The van der Waals surface area contributed by atoms with E-state index in [0.717, 1.165) is 15.6 Å². The second kappa shape index (κ2) is 9.42. The van der Waals surface area contributed by atoms with Gasteiger partial charge in [-0.2, -0.15) is 0 Å². The van der Waals surface area contributed by atoms with E-state index in [1.165, 1.54) is 6.07 Å². The molecule has 0 fully saturated rings. The summed E-state index contributed by atoms with van der Waals surface area (Å²) in [6.45, 7) is 7.84. The molecule has 0 spiro atoms. The highest BCUT2D eigenvalue weighted by Crippen LogP contribution is 2.54. The zero-order valence-electron chi connectivity index (χ0n) is 22.0. The normalized spacial score (nSPS) is 20.9. The molecule has 3 aromatic carbocycles. The molecule has 39 heavy (non-hydrogen) atoms. The maximum atomic E-state index is 13.3. The summed E-state index contributed by atoms with van der Waals surface area (Å²) < 4.78 is 26.0. The summed E-state index contributed by atoms with van der Waals surface area (Å²) in [5.41, 5.74) is 2.39. The monoisotopic (exact) mass is 586 g/mol. The molecule has 0 saturated heterocycles. The zero-order chi connectivity index (χ0) is 27.5. The van der Waals surface area contributed by atoms with E-state index in [1.807, 2.05) is 70.2 Å². The summed E-state index contributed by atoms with van der Waals surface area (Å²) in [6, 6.07) is 18.1. The highest BCUT2D eigenvalue weighted by molar-refractivity contribution is 9.10. The van der Waals surface area contributed by atoms with Crippen molar-refractivity contribution in [1.82, 2.24) is 0 Å². The van der Waals surface area contributed by atoms with E-state index in [4.69, 9.17) is 18.6 Å². The third kappa shape index (κ3) is 4.44. The first-order chi connectivity index (χ1) is 18.6. The van der Waals surface area contributed by atoms with Crippen LogP contribution in [-0.4, -0.2) is 17.7 Å². The molecule has 0 aliphatic carbocycles. The highest BCUT2D eigenvalue weighted by atomic mass is 79.9. The van der Waals surface area contributed by atoms with Gasteiger partial charge in [0, 0.05) is 22.0 Å².